The number of nitrogens with two attached hydrogens (primary N) is 1. The first kappa shape index (κ1) is 18.2. The van der Waals surface area contributed by atoms with Crippen molar-refractivity contribution in [3.05, 3.63) is 57.9 Å². The Bertz CT molecular complexity index is 945. The summed E-state index contributed by atoms with van der Waals surface area (Å²) in [7, 11) is 0. The van der Waals surface area contributed by atoms with Gasteiger partial charge in [-0.25, -0.2) is 4.98 Å². The van der Waals surface area contributed by atoms with Crippen LogP contribution >= 0.6 is 23.1 Å². The number of thiazole rings is 1. The van der Waals surface area contributed by atoms with Crippen molar-refractivity contribution >= 4 is 40.0 Å². The zero-order valence-corrected chi connectivity index (χ0v) is 15.7. The van der Waals surface area contributed by atoms with Gasteiger partial charge >= 0.3 is 0 Å². The number of thioether (sulfide) groups is 1. The van der Waals surface area contributed by atoms with Crippen molar-refractivity contribution in [1.29, 1.82) is 0 Å². The molecule has 0 fully saturated rings. The number of hydrogen-bond donors (Lipinski definition) is 2. The Morgan fingerprint density at radius 2 is 2.08 bits per heavy atom. The number of anilines is 1. The van der Waals surface area contributed by atoms with Crippen molar-refractivity contribution in [3.8, 4) is 0 Å². The standard InChI is InChI=1S/C17H16N4O3S2/c1-9-12(10(2)24-21-9)7-25-14-6-4-3-5-11(14)16(23)20-17-19-13(8-26-17)15(18)22/h3-6,8H,7H2,1-2H3,(H2,18,22)(H,19,20,23). The Morgan fingerprint density at radius 3 is 2.73 bits per heavy atom. The highest BCUT2D eigenvalue weighted by Gasteiger charge is 2.16. The summed E-state index contributed by atoms with van der Waals surface area (Å²) >= 11 is 2.68. The number of benzene rings is 1. The van der Waals surface area contributed by atoms with Gasteiger partial charge in [0.05, 0.1) is 11.3 Å². The molecule has 134 valence electrons. The van der Waals surface area contributed by atoms with E-state index in [1.54, 1.807) is 12.1 Å². The van der Waals surface area contributed by atoms with Crippen molar-refractivity contribution in [3.63, 3.8) is 0 Å². The zero-order chi connectivity index (χ0) is 18.7. The normalized spacial score (nSPS) is 10.7. The topological polar surface area (TPSA) is 111 Å². The second kappa shape index (κ2) is 7.71. The van der Waals surface area contributed by atoms with Crippen LogP contribution in [0.4, 0.5) is 5.13 Å². The third-order valence-electron chi connectivity index (χ3n) is 3.66. The fourth-order valence-corrected chi connectivity index (χ4v) is 4.14. The van der Waals surface area contributed by atoms with Gasteiger partial charge in [0.1, 0.15) is 11.5 Å². The van der Waals surface area contributed by atoms with Crippen LogP contribution in [0.5, 0.6) is 0 Å². The molecule has 0 unspecified atom stereocenters. The number of nitrogens with one attached hydrogen (secondary N) is 1. The smallest absolute Gasteiger partial charge is 0.268 e. The number of amides is 2. The van der Waals surface area contributed by atoms with E-state index in [2.05, 4.69) is 15.5 Å². The molecule has 9 heteroatoms. The molecule has 3 N–H and O–H groups in total. The number of rotatable bonds is 6. The Morgan fingerprint density at radius 1 is 1.31 bits per heavy atom. The second-order valence-electron chi connectivity index (χ2n) is 5.44. The average Bonchev–Trinajstić information content (AvgIpc) is 3.21. The molecule has 0 radical (unpaired) electrons. The summed E-state index contributed by atoms with van der Waals surface area (Å²) in [4.78, 5) is 28.5. The van der Waals surface area contributed by atoms with Crippen molar-refractivity contribution in [1.82, 2.24) is 10.1 Å². The van der Waals surface area contributed by atoms with E-state index in [1.807, 2.05) is 26.0 Å². The molecule has 0 saturated carbocycles. The van der Waals surface area contributed by atoms with Crippen molar-refractivity contribution < 1.29 is 14.1 Å². The van der Waals surface area contributed by atoms with Crippen LogP contribution in [0.3, 0.4) is 0 Å². The molecule has 0 aliphatic rings. The van der Waals surface area contributed by atoms with Gasteiger partial charge in [0, 0.05) is 21.6 Å². The molecule has 1 aromatic carbocycles. The minimum absolute atomic E-state index is 0.131. The molecule has 3 aromatic rings. The second-order valence-corrected chi connectivity index (χ2v) is 7.32. The average molecular weight is 388 g/mol. The summed E-state index contributed by atoms with van der Waals surface area (Å²) in [5.41, 5.74) is 7.71. The molecule has 0 spiro atoms. The molecule has 0 aliphatic carbocycles. The SMILES string of the molecule is Cc1noc(C)c1CSc1ccccc1C(=O)Nc1nc(C(N)=O)cs1. The minimum Gasteiger partial charge on any atom is -0.364 e. The molecule has 3 rings (SSSR count). The zero-order valence-electron chi connectivity index (χ0n) is 14.1. The number of hydrogen-bond acceptors (Lipinski definition) is 7. The van der Waals surface area contributed by atoms with E-state index < -0.39 is 5.91 Å². The third kappa shape index (κ3) is 3.94. The van der Waals surface area contributed by atoms with E-state index in [9.17, 15) is 9.59 Å². The number of primary amides is 1. The summed E-state index contributed by atoms with van der Waals surface area (Å²) in [6, 6.07) is 7.30. The molecule has 7 nitrogen and oxygen atoms in total. The van der Waals surface area contributed by atoms with Gasteiger partial charge < -0.3 is 10.3 Å². The van der Waals surface area contributed by atoms with E-state index in [-0.39, 0.29) is 11.6 Å². The lowest BCUT2D eigenvalue weighted by Crippen LogP contribution is -2.14. The summed E-state index contributed by atoms with van der Waals surface area (Å²) < 4.78 is 5.17. The highest BCUT2D eigenvalue weighted by Crippen LogP contribution is 2.29. The van der Waals surface area contributed by atoms with Crippen LogP contribution in [0.1, 0.15) is 37.9 Å². The fourth-order valence-electron chi connectivity index (χ4n) is 2.25. The molecular weight excluding hydrogens is 372 g/mol. The fraction of sp³-hybridized carbons (Fsp3) is 0.176. The number of aryl methyl sites for hydroxylation is 2. The van der Waals surface area contributed by atoms with Gasteiger partial charge in [0.15, 0.2) is 5.13 Å². The quantitative estimate of drug-likeness (QED) is 0.626. The van der Waals surface area contributed by atoms with Gasteiger partial charge in [-0.3, -0.25) is 14.9 Å². The lowest BCUT2D eigenvalue weighted by molar-refractivity contribution is 0.0992. The molecule has 0 atom stereocenters. The van der Waals surface area contributed by atoms with Crippen molar-refractivity contribution in [2.45, 2.75) is 24.5 Å². The number of carbonyl (C=O) groups excluding carboxylic acids is 2. The van der Waals surface area contributed by atoms with E-state index >= 15 is 0 Å². The lowest BCUT2D eigenvalue weighted by atomic mass is 10.2. The summed E-state index contributed by atoms with van der Waals surface area (Å²) in [6.07, 6.45) is 0. The Labute approximate surface area is 158 Å². The van der Waals surface area contributed by atoms with Crippen molar-refractivity contribution in [2.24, 2.45) is 5.73 Å². The molecular formula is C17H16N4O3S2. The molecule has 0 bridgehead atoms. The Kier molecular flexibility index (Phi) is 5.38. The molecule has 2 amide bonds. The lowest BCUT2D eigenvalue weighted by Gasteiger charge is -2.08. The van der Waals surface area contributed by atoms with Gasteiger partial charge in [-0.1, -0.05) is 17.3 Å². The molecule has 0 saturated heterocycles. The predicted octanol–water partition coefficient (Wildman–Crippen LogP) is 3.39. The van der Waals surface area contributed by atoms with E-state index in [1.165, 1.54) is 17.1 Å². The molecule has 26 heavy (non-hydrogen) atoms. The highest BCUT2D eigenvalue weighted by atomic mass is 32.2. The number of nitrogens with zero attached hydrogens (tertiary/aromatic N) is 2. The van der Waals surface area contributed by atoms with E-state index in [0.29, 0.717) is 16.4 Å². The highest BCUT2D eigenvalue weighted by molar-refractivity contribution is 7.98. The first-order chi connectivity index (χ1) is 12.5. The van der Waals surface area contributed by atoms with Crippen LogP contribution in [0.2, 0.25) is 0 Å². The van der Waals surface area contributed by atoms with Crippen LogP contribution in [-0.4, -0.2) is 22.0 Å². The number of carbonyl (C=O) groups is 2. The Hall–Kier alpha value is -2.65. The number of aromatic nitrogens is 2. The minimum atomic E-state index is -0.628. The summed E-state index contributed by atoms with van der Waals surface area (Å²) in [5, 5.41) is 8.49. The van der Waals surface area contributed by atoms with Crippen LogP contribution in [0.25, 0.3) is 0 Å². The predicted molar refractivity (Wildman–Crippen MR) is 101 cm³/mol. The van der Waals surface area contributed by atoms with E-state index in [0.717, 1.165) is 33.2 Å². The van der Waals surface area contributed by atoms with Gasteiger partial charge in [-0.2, -0.15) is 0 Å². The first-order valence-corrected chi connectivity index (χ1v) is 9.52. The summed E-state index contributed by atoms with van der Waals surface area (Å²) in [6.45, 7) is 3.76. The van der Waals surface area contributed by atoms with Gasteiger partial charge in [0.25, 0.3) is 11.8 Å². The molecule has 2 aromatic heterocycles. The first-order valence-electron chi connectivity index (χ1n) is 7.66. The molecule has 2 heterocycles. The third-order valence-corrected chi connectivity index (χ3v) is 5.52. The van der Waals surface area contributed by atoms with Crippen LogP contribution in [-0.2, 0) is 5.75 Å². The van der Waals surface area contributed by atoms with E-state index in [4.69, 9.17) is 10.3 Å². The maximum Gasteiger partial charge on any atom is 0.268 e. The largest absolute Gasteiger partial charge is 0.364 e. The van der Waals surface area contributed by atoms with Gasteiger partial charge in [0.2, 0.25) is 0 Å². The Balaban J connectivity index is 1.75. The van der Waals surface area contributed by atoms with Gasteiger partial charge in [-0.05, 0) is 26.0 Å². The maximum absolute atomic E-state index is 12.6. The van der Waals surface area contributed by atoms with Crippen LogP contribution in [0.15, 0.2) is 39.1 Å². The van der Waals surface area contributed by atoms with Crippen molar-refractivity contribution in [2.75, 3.05) is 5.32 Å². The maximum atomic E-state index is 12.6. The monoisotopic (exact) mass is 388 g/mol. The van der Waals surface area contributed by atoms with Gasteiger partial charge in [-0.15, -0.1) is 23.1 Å². The summed E-state index contributed by atoms with van der Waals surface area (Å²) in [5.74, 6) is 0.502. The molecule has 0 aliphatic heterocycles. The van der Waals surface area contributed by atoms with Crippen LogP contribution < -0.4 is 11.1 Å². The van der Waals surface area contributed by atoms with Crippen LogP contribution in [0, 0.1) is 13.8 Å².